The summed E-state index contributed by atoms with van der Waals surface area (Å²) in [5.74, 6) is -0.418. The van der Waals surface area contributed by atoms with E-state index in [0.717, 1.165) is 10.9 Å². The molecular weight excluding hydrogens is 232 g/mol. The van der Waals surface area contributed by atoms with E-state index < -0.39 is 5.97 Å². The van der Waals surface area contributed by atoms with E-state index in [1.54, 1.807) is 13.2 Å². The lowest BCUT2D eigenvalue weighted by Crippen LogP contribution is -2.11. The lowest BCUT2D eigenvalue weighted by atomic mass is 9.86. The Morgan fingerprint density at radius 1 is 1.28 bits per heavy atom. The average Bonchev–Trinajstić information content (AvgIpc) is 2.69. The summed E-state index contributed by atoms with van der Waals surface area (Å²) >= 11 is 0. The third kappa shape index (κ3) is 2.06. The van der Waals surface area contributed by atoms with Gasteiger partial charge < -0.3 is 14.3 Å². The predicted molar refractivity (Wildman–Crippen MR) is 68.4 cm³/mol. The number of carboxylic acid groups (broad SMARTS) is 1. The van der Waals surface area contributed by atoms with Crippen molar-refractivity contribution in [2.75, 3.05) is 7.11 Å². The van der Waals surface area contributed by atoms with Crippen LogP contribution in [0, 0.1) is 0 Å². The van der Waals surface area contributed by atoms with Crippen LogP contribution in [0.25, 0.3) is 11.0 Å². The van der Waals surface area contributed by atoms with E-state index in [4.69, 9.17) is 14.3 Å². The molecule has 4 nitrogen and oxygen atoms in total. The van der Waals surface area contributed by atoms with E-state index >= 15 is 0 Å². The van der Waals surface area contributed by atoms with Crippen LogP contribution in [0.2, 0.25) is 0 Å². The predicted octanol–water partition coefficient (Wildman–Crippen LogP) is 3.44. The highest BCUT2D eigenvalue weighted by Crippen LogP contribution is 2.35. The first-order valence-corrected chi connectivity index (χ1v) is 5.68. The van der Waals surface area contributed by atoms with Crippen molar-refractivity contribution in [3.05, 3.63) is 29.5 Å². The molecule has 0 aliphatic carbocycles. The molecule has 0 bridgehead atoms. The molecule has 0 spiro atoms. The number of benzene rings is 1. The second-order valence-corrected chi connectivity index (χ2v) is 5.26. The van der Waals surface area contributed by atoms with Gasteiger partial charge in [-0.25, -0.2) is 4.79 Å². The molecular formula is C14H16O4. The Labute approximate surface area is 105 Å². The zero-order valence-electron chi connectivity index (χ0n) is 10.9. The summed E-state index contributed by atoms with van der Waals surface area (Å²) in [6, 6.07) is 5.19. The largest absolute Gasteiger partial charge is 0.497 e. The number of aromatic carboxylic acids is 1. The van der Waals surface area contributed by atoms with Gasteiger partial charge in [-0.1, -0.05) is 20.8 Å². The van der Waals surface area contributed by atoms with Gasteiger partial charge in [0.2, 0.25) is 5.76 Å². The van der Waals surface area contributed by atoms with E-state index in [2.05, 4.69) is 0 Å². The van der Waals surface area contributed by atoms with Gasteiger partial charge in [-0.3, -0.25) is 0 Å². The molecule has 0 unspecified atom stereocenters. The fourth-order valence-electron chi connectivity index (χ4n) is 1.91. The monoisotopic (exact) mass is 248 g/mol. The second-order valence-electron chi connectivity index (χ2n) is 5.26. The van der Waals surface area contributed by atoms with Gasteiger partial charge in [-0.15, -0.1) is 0 Å². The SMILES string of the molecule is COc1cc(C(C)(C)C)c2oc(C(=O)O)cc2c1. The molecule has 0 radical (unpaired) electrons. The quantitative estimate of drug-likeness (QED) is 0.884. The van der Waals surface area contributed by atoms with Gasteiger partial charge in [0.25, 0.3) is 0 Å². The van der Waals surface area contributed by atoms with Crippen LogP contribution in [0.4, 0.5) is 0 Å². The molecule has 0 amide bonds. The number of rotatable bonds is 2. The number of carboxylic acids is 1. The molecule has 0 saturated heterocycles. The maximum Gasteiger partial charge on any atom is 0.371 e. The maximum absolute atomic E-state index is 11.0. The highest BCUT2D eigenvalue weighted by atomic mass is 16.5. The maximum atomic E-state index is 11.0. The minimum absolute atomic E-state index is 0.0521. The molecule has 0 saturated carbocycles. The van der Waals surface area contributed by atoms with Crippen LogP contribution in [-0.2, 0) is 5.41 Å². The first-order chi connectivity index (χ1) is 8.32. The lowest BCUT2D eigenvalue weighted by molar-refractivity contribution is 0.0665. The number of hydrogen-bond donors (Lipinski definition) is 1. The highest BCUT2D eigenvalue weighted by molar-refractivity contribution is 5.93. The van der Waals surface area contributed by atoms with Crippen molar-refractivity contribution >= 4 is 16.9 Å². The Morgan fingerprint density at radius 3 is 2.44 bits per heavy atom. The fraction of sp³-hybridized carbons (Fsp3) is 0.357. The molecule has 0 atom stereocenters. The molecule has 2 rings (SSSR count). The van der Waals surface area contributed by atoms with Crippen LogP contribution in [0.5, 0.6) is 5.75 Å². The summed E-state index contributed by atoms with van der Waals surface area (Å²) in [5, 5.41) is 9.73. The molecule has 1 aromatic heterocycles. The smallest absolute Gasteiger partial charge is 0.371 e. The Hall–Kier alpha value is -1.97. The average molecular weight is 248 g/mol. The van der Waals surface area contributed by atoms with Crippen molar-refractivity contribution in [2.24, 2.45) is 0 Å². The van der Waals surface area contributed by atoms with Gasteiger partial charge in [0.15, 0.2) is 0 Å². The Bertz CT molecular complexity index is 602. The number of carbonyl (C=O) groups is 1. The van der Waals surface area contributed by atoms with E-state index in [0.29, 0.717) is 11.3 Å². The van der Waals surface area contributed by atoms with Crippen LogP contribution < -0.4 is 4.74 Å². The normalized spacial score (nSPS) is 11.8. The first kappa shape index (κ1) is 12.5. The van der Waals surface area contributed by atoms with Crippen LogP contribution in [0.1, 0.15) is 36.9 Å². The molecule has 0 aliphatic heterocycles. The van der Waals surface area contributed by atoms with Gasteiger partial charge in [0.1, 0.15) is 11.3 Å². The van der Waals surface area contributed by atoms with E-state index in [-0.39, 0.29) is 11.2 Å². The summed E-state index contributed by atoms with van der Waals surface area (Å²) in [6.07, 6.45) is 0. The minimum Gasteiger partial charge on any atom is -0.497 e. The molecule has 1 aromatic carbocycles. The molecule has 0 aliphatic rings. The second kappa shape index (κ2) is 4.05. The third-order valence-electron chi connectivity index (χ3n) is 2.84. The van der Waals surface area contributed by atoms with Crippen molar-refractivity contribution < 1.29 is 19.1 Å². The summed E-state index contributed by atoms with van der Waals surface area (Å²) < 4.78 is 10.7. The Balaban J connectivity index is 2.77. The van der Waals surface area contributed by atoms with Gasteiger partial charge in [0, 0.05) is 10.9 Å². The molecule has 1 heterocycles. The van der Waals surface area contributed by atoms with Crippen molar-refractivity contribution in [1.29, 1.82) is 0 Å². The number of methoxy groups -OCH3 is 1. The Kier molecular flexibility index (Phi) is 2.81. The van der Waals surface area contributed by atoms with Crippen molar-refractivity contribution in [1.82, 2.24) is 0 Å². The van der Waals surface area contributed by atoms with Crippen molar-refractivity contribution in [2.45, 2.75) is 26.2 Å². The summed E-state index contributed by atoms with van der Waals surface area (Å²) in [5.41, 5.74) is 1.39. The van der Waals surface area contributed by atoms with Gasteiger partial charge in [0.05, 0.1) is 7.11 Å². The molecule has 4 heteroatoms. The molecule has 0 fully saturated rings. The van der Waals surface area contributed by atoms with Crippen LogP contribution in [-0.4, -0.2) is 18.2 Å². The van der Waals surface area contributed by atoms with Crippen molar-refractivity contribution in [3.63, 3.8) is 0 Å². The zero-order valence-corrected chi connectivity index (χ0v) is 10.9. The lowest BCUT2D eigenvalue weighted by Gasteiger charge is -2.19. The van der Waals surface area contributed by atoms with Crippen LogP contribution in [0.15, 0.2) is 22.6 Å². The number of ether oxygens (including phenoxy) is 1. The zero-order chi connectivity index (χ0) is 13.5. The fourth-order valence-corrected chi connectivity index (χ4v) is 1.91. The molecule has 2 aromatic rings. The minimum atomic E-state index is -1.06. The Morgan fingerprint density at radius 2 is 1.94 bits per heavy atom. The topological polar surface area (TPSA) is 59.7 Å². The summed E-state index contributed by atoms with van der Waals surface area (Å²) in [7, 11) is 1.59. The van der Waals surface area contributed by atoms with Gasteiger partial charge in [-0.2, -0.15) is 0 Å². The van der Waals surface area contributed by atoms with Crippen molar-refractivity contribution in [3.8, 4) is 5.75 Å². The summed E-state index contributed by atoms with van der Waals surface area (Å²) in [4.78, 5) is 11.0. The van der Waals surface area contributed by atoms with Crippen LogP contribution in [0.3, 0.4) is 0 Å². The molecule has 18 heavy (non-hydrogen) atoms. The van der Waals surface area contributed by atoms with Gasteiger partial charge >= 0.3 is 5.97 Å². The van der Waals surface area contributed by atoms with Gasteiger partial charge in [-0.05, 0) is 23.6 Å². The third-order valence-corrected chi connectivity index (χ3v) is 2.84. The number of hydrogen-bond acceptors (Lipinski definition) is 3. The molecule has 96 valence electrons. The standard InChI is InChI=1S/C14H16O4/c1-14(2,3)10-7-9(17-4)5-8-6-11(13(15)16)18-12(8)10/h5-7H,1-4H3,(H,15,16). The van der Waals surface area contributed by atoms with E-state index in [9.17, 15) is 4.79 Å². The van der Waals surface area contributed by atoms with E-state index in [1.807, 2.05) is 26.8 Å². The highest BCUT2D eigenvalue weighted by Gasteiger charge is 2.22. The first-order valence-electron chi connectivity index (χ1n) is 5.68. The van der Waals surface area contributed by atoms with Crippen LogP contribution >= 0.6 is 0 Å². The van der Waals surface area contributed by atoms with E-state index in [1.165, 1.54) is 6.07 Å². The molecule has 1 N–H and O–H groups in total. The summed E-state index contributed by atoms with van der Waals surface area (Å²) in [6.45, 7) is 6.14. The number of fused-ring (bicyclic) bond motifs is 1. The number of furan rings is 1.